The predicted molar refractivity (Wildman–Crippen MR) is 114 cm³/mol. The highest BCUT2D eigenvalue weighted by atomic mass is 16.2. The first-order chi connectivity index (χ1) is 14.2. The van der Waals surface area contributed by atoms with Gasteiger partial charge < -0.3 is 20.5 Å². The maximum absolute atomic E-state index is 12.4. The number of anilines is 1. The van der Waals surface area contributed by atoms with Gasteiger partial charge in [-0.05, 0) is 29.8 Å². The topological polar surface area (TPSA) is 80.5 Å². The fourth-order valence-corrected chi connectivity index (χ4v) is 3.55. The third-order valence-electron chi connectivity index (χ3n) is 5.15. The number of H-pyrrole nitrogens is 1. The Balaban J connectivity index is 1.20. The first kappa shape index (κ1) is 19.0. The van der Waals surface area contributed by atoms with Crippen LogP contribution in [0.1, 0.15) is 5.56 Å². The summed E-state index contributed by atoms with van der Waals surface area (Å²) in [6, 6.07) is 17.7. The fourth-order valence-electron chi connectivity index (χ4n) is 3.55. The van der Waals surface area contributed by atoms with Crippen LogP contribution in [0.15, 0.2) is 60.8 Å². The van der Waals surface area contributed by atoms with Gasteiger partial charge in [-0.25, -0.2) is 4.79 Å². The van der Waals surface area contributed by atoms with Gasteiger partial charge in [0.25, 0.3) is 0 Å². The number of hydrogen-bond donors (Lipinski definition) is 3. The van der Waals surface area contributed by atoms with Crippen molar-refractivity contribution in [1.29, 1.82) is 0 Å². The molecule has 4 rings (SSSR count). The van der Waals surface area contributed by atoms with E-state index in [1.54, 1.807) is 4.90 Å². The van der Waals surface area contributed by atoms with Crippen LogP contribution >= 0.6 is 0 Å². The molecule has 0 bridgehead atoms. The van der Waals surface area contributed by atoms with Crippen molar-refractivity contribution in [3.8, 4) is 0 Å². The molecule has 3 N–H and O–H groups in total. The van der Waals surface area contributed by atoms with E-state index in [0.717, 1.165) is 30.5 Å². The molecule has 1 aromatic heterocycles. The van der Waals surface area contributed by atoms with Gasteiger partial charge in [-0.1, -0.05) is 30.3 Å². The molecule has 1 aliphatic heterocycles. The number of rotatable bonds is 5. The third-order valence-corrected chi connectivity index (χ3v) is 5.15. The SMILES string of the molecule is O=C(CNC(=O)N1CCN(Cc2ccccc2)CC1)Nc1ccc2[nH]ccc2c1. The lowest BCUT2D eigenvalue weighted by molar-refractivity contribution is -0.115. The molecule has 0 aliphatic carbocycles. The minimum atomic E-state index is -0.240. The highest BCUT2D eigenvalue weighted by Gasteiger charge is 2.21. The molecule has 29 heavy (non-hydrogen) atoms. The van der Waals surface area contributed by atoms with Gasteiger partial charge >= 0.3 is 6.03 Å². The number of aromatic nitrogens is 1. The second-order valence-corrected chi connectivity index (χ2v) is 7.24. The van der Waals surface area contributed by atoms with Crippen molar-refractivity contribution >= 4 is 28.5 Å². The van der Waals surface area contributed by atoms with Gasteiger partial charge in [-0.15, -0.1) is 0 Å². The monoisotopic (exact) mass is 391 g/mol. The average Bonchev–Trinajstić information content (AvgIpc) is 3.21. The minimum absolute atomic E-state index is 0.0474. The van der Waals surface area contributed by atoms with E-state index in [2.05, 4.69) is 32.7 Å². The number of nitrogens with zero attached hydrogens (tertiary/aromatic N) is 2. The van der Waals surface area contributed by atoms with Crippen molar-refractivity contribution < 1.29 is 9.59 Å². The van der Waals surface area contributed by atoms with E-state index in [1.165, 1.54) is 5.56 Å². The Morgan fingerprint density at radius 2 is 1.76 bits per heavy atom. The van der Waals surface area contributed by atoms with E-state index >= 15 is 0 Å². The summed E-state index contributed by atoms with van der Waals surface area (Å²) in [7, 11) is 0. The van der Waals surface area contributed by atoms with Crippen molar-refractivity contribution in [3.05, 3.63) is 66.4 Å². The van der Waals surface area contributed by atoms with Gasteiger partial charge in [-0.2, -0.15) is 0 Å². The maximum atomic E-state index is 12.4. The molecule has 150 valence electrons. The van der Waals surface area contributed by atoms with Gasteiger partial charge in [0.2, 0.25) is 5.91 Å². The van der Waals surface area contributed by atoms with Crippen LogP contribution in [0.5, 0.6) is 0 Å². The molecular weight excluding hydrogens is 366 g/mol. The molecule has 0 saturated carbocycles. The molecule has 0 radical (unpaired) electrons. The van der Waals surface area contributed by atoms with Crippen molar-refractivity contribution in [2.75, 3.05) is 38.0 Å². The Morgan fingerprint density at radius 3 is 2.55 bits per heavy atom. The lowest BCUT2D eigenvalue weighted by Crippen LogP contribution is -2.52. The number of hydrogen-bond acceptors (Lipinski definition) is 3. The normalized spacial score (nSPS) is 14.7. The Kier molecular flexibility index (Phi) is 5.76. The summed E-state index contributed by atoms with van der Waals surface area (Å²) in [5.41, 5.74) is 3.01. The minimum Gasteiger partial charge on any atom is -0.361 e. The zero-order valence-corrected chi connectivity index (χ0v) is 16.2. The largest absolute Gasteiger partial charge is 0.361 e. The summed E-state index contributed by atoms with van der Waals surface area (Å²) in [5.74, 6) is -0.240. The molecule has 1 aliphatic rings. The summed E-state index contributed by atoms with van der Waals surface area (Å²) < 4.78 is 0. The van der Waals surface area contributed by atoms with E-state index in [1.807, 2.05) is 48.7 Å². The van der Waals surface area contributed by atoms with Gasteiger partial charge in [0.15, 0.2) is 0 Å². The predicted octanol–water partition coefficient (Wildman–Crippen LogP) is 2.63. The highest BCUT2D eigenvalue weighted by Crippen LogP contribution is 2.17. The lowest BCUT2D eigenvalue weighted by atomic mass is 10.2. The standard InChI is InChI=1S/C22H25N5O2/c28-21(25-19-6-7-20-18(14-19)8-9-23-20)15-24-22(29)27-12-10-26(11-13-27)16-17-4-2-1-3-5-17/h1-9,14,23H,10-13,15-16H2,(H,24,29)(H,25,28). The summed E-state index contributed by atoms with van der Waals surface area (Å²) in [6.45, 7) is 3.81. The Labute approximate surface area is 169 Å². The molecule has 2 heterocycles. The van der Waals surface area contributed by atoms with Crippen LogP contribution in [-0.2, 0) is 11.3 Å². The number of carbonyl (C=O) groups is 2. The van der Waals surface area contributed by atoms with E-state index in [0.29, 0.717) is 18.8 Å². The van der Waals surface area contributed by atoms with Gasteiger partial charge in [-0.3, -0.25) is 9.69 Å². The smallest absolute Gasteiger partial charge is 0.317 e. The second-order valence-electron chi connectivity index (χ2n) is 7.24. The Bertz CT molecular complexity index is 977. The van der Waals surface area contributed by atoms with Crippen molar-refractivity contribution in [2.45, 2.75) is 6.54 Å². The molecule has 3 aromatic rings. The average molecular weight is 391 g/mol. The Morgan fingerprint density at radius 1 is 0.966 bits per heavy atom. The van der Waals surface area contributed by atoms with E-state index < -0.39 is 0 Å². The molecule has 1 fully saturated rings. The van der Waals surface area contributed by atoms with Crippen LogP contribution < -0.4 is 10.6 Å². The van der Waals surface area contributed by atoms with Crippen molar-refractivity contribution in [1.82, 2.24) is 20.1 Å². The second kappa shape index (κ2) is 8.79. The molecule has 3 amide bonds. The van der Waals surface area contributed by atoms with Gasteiger partial charge in [0.05, 0.1) is 6.54 Å². The van der Waals surface area contributed by atoms with Crippen LogP contribution in [0.25, 0.3) is 10.9 Å². The number of aromatic amines is 1. The van der Waals surface area contributed by atoms with Gasteiger partial charge in [0.1, 0.15) is 0 Å². The Hall–Kier alpha value is -3.32. The first-order valence-electron chi connectivity index (χ1n) is 9.83. The molecule has 0 atom stereocenters. The van der Waals surface area contributed by atoms with E-state index in [4.69, 9.17) is 0 Å². The molecule has 7 heteroatoms. The lowest BCUT2D eigenvalue weighted by Gasteiger charge is -2.34. The number of carbonyl (C=O) groups excluding carboxylic acids is 2. The number of urea groups is 1. The summed E-state index contributed by atoms with van der Waals surface area (Å²) >= 11 is 0. The van der Waals surface area contributed by atoms with Crippen LogP contribution in [0.3, 0.4) is 0 Å². The van der Waals surface area contributed by atoms with Crippen LogP contribution in [0, 0.1) is 0 Å². The number of benzene rings is 2. The molecular formula is C22H25N5O2. The number of fused-ring (bicyclic) bond motifs is 1. The molecule has 1 saturated heterocycles. The highest BCUT2D eigenvalue weighted by molar-refractivity contribution is 5.96. The summed E-state index contributed by atoms with van der Waals surface area (Å²) in [5, 5.41) is 6.57. The summed E-state index contributed by atoms with van der Waals surface area (Å²) in [6.07, 6.45) is 1.86. The van der Waals surface area contributed by atoms with Crippen molar-refractivity contribution in [3.63, 3.8) is 0 Å². The zero-order chi connectivity index (χ0) is 20.1. The molecule has 0 spiro atoms. The number of piperazine rings is 1. The van der Waals surface area contributed by atoms with Crippen LogP contribution in [0.4, 0.5) is 10.5 Å². The quantitative estimate of drug-likeness (QED) is 0.625. The van der Waals surface area contributed by atoms with Gasteiger partial charge in [0, 0.05) is 55.5 Å². The molecule has 2 aromatic carbocycles. The van der Waals surface area contributed by atoms with Crippen LogP contribution in [-0.4, -0.2) is 59.4 Å². The van der Waals surface area contributed by atoms with E-state index in [9.17, 15) is 9.59 Å². The number of amides is 3. The summed E-state index contributed by atoms with van der Waals surface area (Å²) in [4.78, 5) is 31.8. The third kappa shape index (κ3) is 4.94. The van der Waals surface area contributed by atoms with Crippen molar-refractivity contribution in [2.24, 2.45) is 0 Å². The zero-order valence-electron chi connectivity index (χ0n) is 16.2. The van der Waals surface area contributed by atoms with Crippen LogP contribution in [0.2, 0.25) is 0 Å². The molecule has 0 unspecified atom stereocenters. The van der Waals surface area contributed by atoms with E-state index in [-0.39, 0.29) is 18.5 Å². The maximum Gasteiger partial charge on any atom is 0.317 e. The molecule has 7 nitrogen and oxygen atoms in total. The first-order valence-corrected chi connectivity index (χ1v) is 9.83. The number of nitrogens with one attached hydrogen (secondary N) is 3. The fraction of sp³-hybridized carbons (Fsp3) is 0.273.